The molecule has 0 saturated heterocycles. The molecule has 2 nitrogen and oxygen atoms in total. The van der Waals surface area contributed by atoms with Gasteiger partial charge in [0.25, 0.3) is 0 Å². The van der Waals surface area contributed by atoms with E-state index in [0.29, 0.717) is 10.6 Å². The van der Waals surface area contributed by atoms with Gasteiger partial charge in [-0.05, 0) is 17.7 Å². The molecule has 10 heavy (non-hydrogen) atoms. The summed E-state index contributed by atoms with van der Waals surface area (Å²) in [4.78, 5) is 0. The van der Waals surface area contributed by atoms with Gasteiger partial charge in [-0.3, -0.25) is 0 Å². The van der Waals surface area contributed by atoms with Crippen molar-refractivity contribution < 1.29 is 10.2 Å². The third-order valence-corrected chi connectivity index (χ3v) is 1.51. The summed E-state index contributed by atoms with van der Waals surface area (Å²) in [5.74, 6) is 0.00761. The van der Waals surface area contributed by atoms with Crippen molar-refractivity contribution in [3.8, 4) is 5.75 Å². The van der Waals surface area contributed by atoms with Crippen LogP contribution in [0.1, 0.15) is 5.56 Å². The highest BCUT2D eigenvalue weighted by molar-refractivity contribution is 6.31. The van der Waals surface area contributed by atoms with Crippen molar-refractivity contribution in [2.45, 2.75) is 6.61 Å². The first-order chi connectivity index (χ1) is 4.74. The van der Waals surface area contributed by atoms with Crippen LogP contribution in [-0.2, 0) is 6.61 Å². The second-order valence-corrected chi connectivity index (χ2v) is 2.35. The number of hydrogen-bond acceptors (Lipinski definition) is 2. The first kappa shape index (κ1) is 7.38. The van der Waals surface area contributed by atoms with Crippen molar-refractivity contribution in [3.63, 3.8) is 0 Å². The van der Waals surface area contributed by atoms with Gasteiger partial charge in [0.1, 0.15) is 5.75 Å². The van der Waals surface area contributed by atoms with Crippen LogP contribution in [0.2, 0.25) is 5.02 Å². The van der Waals surface area contributed by atoms with E-state index >= 15 is 0 Å². The third kappa shape index (κ3) is 1.40. The number of phenolic OH excluding ortho intramolecular Hbond substituents is 1. The maximum absolute atomic E-state index is 8.99. The standard InChI is InChI=1S/C7H7ClO2/c8-6-2-1-5(4-9)3-7(6)10/h1-3,9-10H,4H2. The fourth-order valence-electron chi connectivity index (χ4n) is 0.657. The normalized spacial score (nSPS) is 9.80. The van der Waals surface area contributed by atoms with Gasteiger partial charge in [0, 0.05) is 0 Å². The zero-order valence-electron chi connectivity index (χ0n) is 5.21. The molecule has 0 heterocycles. The van der Waals surface area contributed by atoms with Crippen molar-refractivity contribution in [2.24, 2.45) is 0 Å². The number of aromatic hydroxyl groups is 1. The monoisotopic (exact) mass is 158 g/mol. The van der Waals surface area contributed by atoms with Crippen LogP contribution in [0.25, 0.3) is 0 Å². The molecule has 0 bridgehead atoms. The van der Waals surface area contributed by atoms with E-state index in [1.165, 1.54) is 6.07 Å². The number of halogens is 1. The number of benzene rings is 1. The molecule has 54 valence electrons. The molecular formula is C7H7ClO2. The lowest BCUT2D eigenvalue weighted by atomic mass is 10.2. The molecule has 0 unspecified atom stereocenters. The Balaban J connectivity index is 3.04. The molecule has 0 spiro atoms. The van der Waals surface area contributed by atoms with E-state index in [1.54, 1.807) is 12.1 Å². The van der Waals surface area contributed by atoms with Crippen LogP contribution in [-0.4, -0.2) is 10.2 Å². The minimum Gasteiger partial charge on any atom is -0.506 e. The van der Waals surface area contributed by atoms with Gasteiger partial charge in [-0.15, -0.1) is 0 Å². The average molecular weight is 159 g/mol. The summed E-state index contributed by atoms with van der Waals surface area (Å²) >= 11 is 5.51. The zero-order valence-corrected chi connectivity index (χ0v) is 5.97. The Kier molecular flexibility index (Phi) is 2.14. The van der Waals surface area contributed by atoms with E-state index < -0.39 is 0 Å². The molecule has 0 aliphatic carbocycles. The molecule has 0 aliphatic heterocycles. The average Bonchev–Trinajstić information content (AvgIpc) is 1.95. The maximum Gasteiger partial charge on any atom is 0.134 e. The van der Waals surface area contributed by atoms with Gasteiger partial charge in [-0.2, -0.15) is 0 Å². The predicted octanol–water partition coefficient (Wildman–Crippen LogP) is 1.54. The summed E-state index contributed by atoms with van der Waals surface area (Å²) in [5.41, 5.74) is 0.655. The number of hydrogen-bond donors (Lipinski definition) is 2. The van der Waals surface area contributed by atoms with Crippen LogP contribution in [0, 0.1) is 0 Å². The highest BCUT2D eigenvalue weighted by atomic mass is 35.5. The summed E-state index contributed by atoms with van der Waals surface area (Å²) in [6.45, 7) is -0.0786. The fourth-order valence-corrected chi connectivity index (χ4v) is 0.774. The molecule has 0 amide bonds. The quantitative estimate of drug-likeness (QED) is 0.651. The van der Waals surface area contributed by atoms with Crippen molar-refractivity contribution >= 4 is 11.6 Å². The van der Waals surface area contributed by atoms with Crippen LogP contribution >= 0.6 is 11.6 Å². The van der Waals surface area contributed by atoms with E-state index in [0.717, 1.165) is 0 Å². The SMILES string of the molecule is OCc1ccc(Cl)c(O)c1. The van der Waals surface area contributed by atoms with Crippen LogP contribution in [0.5, 0.6) is 5.75 Å². The van der Waals surface area contributed by atoms with Crippen molar-refractivity contribution in [1.29, 1.82) is 0 Å². The largest absolute Gasteiger partial charge is 0.506 e. The van der Waals surface area contributed by atoms with E-state index in [9.17, 15) is 0 Å². The van der Waals surface area contributed by atoms with Gasteiger partial charge < -0.3 is 10.2 Å². The van der Waals surface area contributed by atoms with Crippen molar-refractivity contribution in [1.82, 2.24) is 0 Å². The highest BCUT2D eigenvalue weighted by Gasteiger charge is 1.97. The molecule has 0 radical (unpaired) electrons. The maximum atomic E-state index is 8.99. The summed E-state index contributed by atoms with van der Waals surface area (Å²) in [5, 5.41) is 17.9. The lowest BCUT2D eigenvalue weighted by Gasteiger charge is -1.97. The number of rotatable bonds is 1. The summed E-state index contributed by atoms with van der Waals surface area (Å²) < 4.78 is 0. The summed E-state index contributed by atoms with van der Waals surface area (Å²) in [7, 11) is 0. The van der Waals surface area contributed by atoms with E-state index in [2.05, 4.69) is 0 Å². The molecule has 0 aliphatic rings. The van der Waals surface area contributed by atoms with Gasteiger partial charge in [0.05, 0.1) is 11.6 Å². The molecular weight excluding hydrogens is 152 g/mol. The first-order valence-electron chi connectivity index (χ1n) is 2.82. The Labute approximate surface area is 63.7 Å². The molecule has 1 aromatic rings. The second kappa shape index (κ2) is 2.90. The summed E-state index contributed by atoms with van der Waals surface area (Å²) in [6, 6.07) is 4.63. The van der Waals surface area contributed by atoms with E-state index in [4.69, 9.17) is 21.8 Å². The zero-order chi connectivity index (χ0) is 7.56. The lowest BCUT2D eigenvalue weighted by molar-refractivity contribution is 0.281. The molecule has 1 aromatic carbocycles. The molecule has 0 atom stereocenters. The van der Waals surface area contributed by atoms with Crippen LogP contribution in [0.15, 0.2) is 18.2 Å². The molecule has 1 rings (SSSR count). The number of aliphatic hydroxyl groups is 1. The molecule has 0 fully saturated rings. The molecule has 3 heteroatoms. The predicted molar refractivity (Wildman–Crippen MR) is 39.0 cm³/mol. The van der Waals surface area contributed by atoms with E-state index in [1.807, 2.05) is 0 Å². The third-order valence-electron chi connectivity index (χ3n) is 1.19. The minimum atomic E-state index is -0.0786. The first-order valence-corrected chi connectivity index (χ1v) is 3.20. The topological polar surface area (TPSA) is 40.5 Å². The summed E-state index contributed by atoms with van der Waals surface area (Å²) in [6.07, 6.45) is 0. The fraction of sp³-hybridized carbons (Fsp3) is 0.143. The van der Waals surface area contributed by atoms with Crippen molar-refractivity contribution in [2.75, 3.05) is 0 Å². The Morgan fingerprint density at radius 2 is 2.10 bits per heavy atom. The number of phenols is 1. The Morgan fingerprint density at radius 1 is 1.40 bits per heavy atom. The van der Waals surface area contributed by atoms with Crippen LogP contribution in [0.4, 0.5) is 0 Å². The lowest BCUT2D eigenvalue weighted by Crippen LogP contribution is -1.80. The van der Waals surface area contributed by atoms with Gasteiger partial charge in [0.15, 0.2) is 0 Å². The Hall–Kier alpha value is -0.730. The second-order valence-electron chi connectivity index (χ2n) is 1.94. The van der Waals surface area contributed by atoms with Crippen LogP contribution < -0.4 is 0 Å². The minimum absolute atomic E-state index is 0.00761. The van der Waals surface area contributed by atoms with Gasteiger partial charge in [0.2, 0.25) is 0 Å². The molecule has 0 aromatic heterocycles. The number of aliphatic hydroxyl groups excluding tert-OH is 1. The smallest absolute Gasteiger partial charge is 0.134 e. The van der Waals surface area contributed by atoms with Gasteiger partial charge in [-0.1, -0.05) is 17.7 Å². The van der Waals surface area contributed by atoms with Gasteiger partial charge in [-0.25, -0.2) is 0 Å². The Bertz CT molecular complexity index is 235. The van der Waals surface area contributed by atoms with Crippen molar-refractivity contribution in [3.05, 3.63) is 28.8 Å². The Morgan fingerprint density at radius 3 is 2.60 bits per heavy atom. The highest BCUT2D eigenvalue weighted by Crippen LogP contribution is 2.23. The molecule has 2 N–H and O–H groups in total. The molecule has 0 saturated carbocycles. The van der Waals surface area contributed by atoms with Crippen LogP contribution in [0.3, 0.4) is 0 Å². The van der Waals surface area contributed by atoms with Gasteiger partial charge >= 0.3 is 0 Å². The van der Waals surface area contributed by atoms with E-state index in [-0.39, 0.29) is 12.4 Å².